The van der Waals surface area contributed by atoms with Crippen LogP contribution >= 0.6 is 31.9 Å². The van der Waals surface area contributed by atoms with E-state index in [-0.39, 0.29) is 17.5 Å². The Morgan fingerprint density at radius 1 is 1.10 bits per heavy atom. The molecule has 1 unspecified atom stereocenters. The number of ketones is 1. The fraction of sp³-hybridized carbons (Fsp3) is 0.364. The second-order valence-corrected chi connectivity index (χ2v) is 5.49. The van der Waals surface area contributed by atoms with E-state index < -0.39 is 39.7 Å². The van der Waals surface area contributed by atoms with Crippen LogP contribution in [0.15, 0.2) is 18.2 Å². The second kappa shape index (κ2) is 6.05. The number of carbonyl (C=O) groups excluding carboxylic acids is 1. The number of rotatable bonds is 3. The first-order chi connectivity index (χ1) is 8.98. The Balaban J connectivity index is 3.46. The zero-order valence-corrected chi connectivity index (χ0v) is 12.6. The van der Waals surface area contributed by atoms with Crippen molar-refractivity contribution in [2.75, 3.05) is 5.33 Å². The highest BCUT2D eigenvalue weighted by atomic mass is 79.9. The zero-order valence-electron chi connectivity index (χ0n) is 9.45. The van der Waals surface area contributed by atoms with E-state index in [0.29, 0.717) is 6.07 Å². The number of hydrogen-bond donors (Lipinski definition) is 0. The highest BCUT2D eigenvalue weighted by Gasteiger charge is 2.39. The van der Waals surface area contributed by atoms with Gasteiger partial charge in [-0.2, -0.15) is 26.3 Å². The van der Waals surface area contributed by atoms with E-state index in [2.05, 4.69) is 31.9 Å². The monoisotopic (exact) mass is 426 g/mol. The molecule has 0 fully saturated rings. The maximum absolute atomic E-state index is 12.7. The zero-order chi connectivity index (χ0) is 15.7. The van der Waals surface area contributed by atoms with Crippen LogP contribution in [-0.4, -0.2) is 15.9 Å². The molecular weight excluding hydrogens is 422 g/mol. The van der Waals surface area contributed by atoms with Crippen molar-refractivity contribution in [2.24, 2.45) is 0 Å². The van der Waals surface area contributed by atoms with Gasteiger partial charge in [-0.3, -0.25) is 4.79 Å². The van der Waals surface area contributed by atoms with Gasteiger partial charge in [-0.05, 0) is 18.2 Å². The molecule has 1 nitrogen and oxygen atoms in total. The van der Waals surface area contributed by atoms with Gasteiger partial charge in [-0.25, -0.2) is 0 Å². The van der Waals surface area contributed by atoms with Crippen molar-refractivity contribution in [2.45, 2.75) is 17.2 Å². The molecule has 0 N–H and O–H groups in total. The van der Waals surface area contributed by atoms with Gasteiger partial charge < -0.3 is 0 Å². The van der Waals surface area contributed by atoms with Gasteiger partial charge in [0.05, 0.1) is 16.0 Å². The van der Waals surface area contributed by atoms with Gasteiger partial charge >= 0.3 is 12.4 Å². The van der Waals surface area contributed by atoms with Crippen molar-refractivity contribution in [1.29, 1.82) is 0 Å². The number of hydrogen-bond acceptors (Lipinski definition) is 1. The van der Waals surface area contributed by atoms with E-state index >= 15 is 0 Å². The van der Waals surface area contributed by atoms with Crippen molar-refractivity contribution in [3.05, 3.63) is 34.9 Å². The number of alkyl halides is 8. The quantitative estimate of drug-likeness (QED) is 0.374. The first kappa shape index (κ1) is 17.5. The highest BCUT2D eigenvalue weighted by Crippen LogP contribution is 2.37. The molecule has 0 saturated heterocycles. The molecule has 0 aromatic heterocycles. The number of benzene rings is 1. The van der Waals surface area contributed by atoms with E-state index in [9.17, 15) is 31.1 Å². The van der Waals surface area contributed by atoms with E-state index in [4.69, 9.17) is 0 Å². The van der Waals surface area contributed by atoms with E-state index in [1.165, 1.54) is 0 Å². The predicted octanol–water partition coefficient (Wildman–Crippen LogP) is 5.07. The molecule has 0 bridgehead atoms. The topological polar surface area (TPSA) is 17.1 Å². The lowest BCUT2D eigenvalue weighted by Crippen LogP contribution is -2.22. The van der Waals surface area contributed by atoms with Crippen LogP contribution in [0.5, 0.6) is 0 Å². The lowest BCUT2D eigenvalue weighted by Gasteiger charge is -2.16. The molecule has 1 aromatic rings. The third-order valence-corrected chi connectivity index (χ3v) is 4.59. The van der Waals surface area contributed by atoms with Crippen LogP contribution in [-0.2, 0) is 12.4 Å². The largest absolute Gasteiger partial charge is 0.417 e. The third-order valence-electron chi connectivity index (χ3n) is 2.34. The van der Waals surface area contributed by atoms with Crippen molar-refractivity contribution >= 4 is 37.6 Å². The average molecular weight is 428 g/mol. The summed E-state index contributed by atoms with van der Waals surface area (Å²) < 4.78 is 75.8. The third kappa shape index (κ3) is 3.97. The fourth-order valence-corrected chi connectivity index (χ4v) is 1.95. The summed E-state index contributed by atoms with van der Waals surface area (Å²) >= 11 is 5.68. The molecular formula is C11H6Br2F6O. The Kier molecular flexibility index (Phi) is 5.29. The van der Waals surface area contributed by atoms with E-state index in [1.807, 2.05) is 0 Å². The smallest absolute Gasteiger partial charge is 0.293 e. The molecule has 0 radical (unpaired) electrons. The first-order valence-electron chi connectivity index (χ1n) is 5.01. The first-order valence-corrected chi connectivity index (χ1v) is 7.05. The van der Waals surface area contributed by atoms with Crippen molar-refractivity contribution in [3.63, 3.8) is 0 Å². The lowest BCUT2D eigenvalue weighted by molar-refractivity contribution is -0.141. The number of carbonyl (C=O) groups is 1. The molecule has 9 heteroatoms. The molecule has 0 aliphatic heterocycles. The molecule has 1 rings (SSSR count). The second-order valence-electron chi connectivity index (χ2n) is 3.74. The van der Waals surface area contributed by atoms with Gasteiger partial charge in [0, 0.05) is 10.9 Å². The minimum absolute atomic E-state index is 0.0284. The minimum atomic E-state index is -4.91. The molecule has 1 atom stereocenters. The van der Waals surface area contributed by atoms with E-state index in [0.717, 1.165) is 0 Å². The summed E-state index contributed by atoms with van der Waals surface area (Å²) in [5, 5.41) is -0.0284. The van der Waals surface area contributed by atoms with Crippen LogP contribution in [0.2, 0.25) is 0 Å². The van der Waals surface area contributed by atoms with Gasteiger partial charge in [0.2, 0.25) is 0 Å². The Morgan fingerprint density at radius 2 is 1.65 bits per heavy atom. The maximum Gasteiger partial charge on any atom is 0.417 e. The summed E-state index contributed by atoms with van der Waals surface area (Å²) in [5.41, 5.74) is -3.70. The van der Waals surface area contributed by atoms with Crippen LogP contribution < -0.4 is 0 Å². The van der Waals surface area contributed by atoms with Crippen LogP contribution in [0, 0.1) is 0 Å². The summed E-state index contributed by atoms with van der Waals surface area (Å²) in [5.74, 6) is -1.07. The Bertz CT molecular complexity index is 509. The van der Waals surface area contributed by atoms with Crippen molar-refractivity contribution in [3.8, 4) is 0 Å². The molecule has 0 heterocycles. The van der Waals surface area contributed by atoms with Gasteiger partial charge in [0.1, 0.15) is 0 Å². The summed E-state index contributed by atoms with van der Waals surface area (Å²) in [6.45, 7) is 0. The minimum Gasteiger partial charge on any atom is -0.293 e. The normalized spacial score (nSPS) is 14.2. The summed E-state index contributed by atoms with van der Waals surface area (Å²) in [7, 11) is 0. The van der Waals surface area contributed by atoms with Crippen molar-refractivity contribution < 1.29 is 31.1 Å². The molecule has 0 aliphatic carbocycles. The van der Waals surface area contributed by atoms with Crippen LogP contribution in [0.25, 0.3) is 0 Å². The molecule has 0 aliphatic rings. The summed E-state index contributed by atoms with van der Waals surface area (Å²) in [6, 6.07) is 0.795. The summed E-state index contributed by atoms with van der Waals surface area (Å²) in [4.78, 5) is 10.7. The maximum atomic E-state index is 12.7. The van der Waals surface area contributed by atoms with Crippen LogP contribution in [0.3, 0.4) is 0 Å². The van der Waals surface area contributed by atoms with Gasteiger partial charge in [-0.1, -0.05) is 31.9 Å². The number of halogens is 8. The molecule has 1 aromatic carbocycles. The Morgan fingerprint density at radius 3 is 2.05 bits per heavy atom. The van der Waals surface area contributed by atoms with Gasteiger partial charge in [0.15, 0.2) is 5.78 Å². The number of Topliss-reactive ketones (excluding diaryl/α,β-unsaturated/α-hetero) is 1. The SMILES string of the molecule is O=C(c1cc(C(F)(F)F)ccc1C(F)(F)F)C(Br)CBr. The van der Waals surface area contributed by atoms with E-state index in [1.54, 1.807) is 0 Å². The van der Waals surface area contributed by atoms with Gasteiger partial charge in [0.25, 0.3) is 0 Å². The van der Waals surface area contributed by atoms with Crippen LogP contribution in [0.4, 0.5) is 26.3 Å². The van der Waals surface area contributed by atoms with Crippen molar-refractivity contribution in [1.82, 2.24) is 0 Å². The highest BCUT2D eigenvalue weighted by molar-refractivity contribution is 9.12. The predicted molar refractivity (Wildman–Crippen MR) is 67.3 cm³/mol. The molecule has 0 amide bonds. The fourth-order valence-electron chi connectivity index (χ4n) is 1.41. The Hall–Kier alpha value is -0.570. The standard InChI is InChI=1S/C11H6Br2F6O/c12-4-8(13)9(20)6-3-5(10(14,15)16)1-2-7(6)11(17,18)19/h1-3,8H,4H2. The molecule has 0 spiro atoms. The Labute approximate surface area is 126 Å². The summed E-state index contributed by atoms with van der Waals surface area (Å²) in [6.07, 6.45) is -9.73. The molecule has 112 valence electrons. The average Bonchev–Trinajstić information content (AvgIpc) is 2.34. The van der Waals surface area contributed by atoms with Crippen LogP contribution in [0.1, 0.15) is 21.5 Å². The van der Waals surface area contributed by atoms with Gasteiger partial charge in [-0.15, -0.1) is 0 Å². The molecule has 0 saturated carbocycles. The lowest BCUT2D eigenvalue weighted by atomic mass is 9.98. The molecule has 20 heavy (non-hydrogen) atoms.